The Hall–Kier alpha value is -3.36. The van der Waals surface area contributed by atoms with E-state index < -0.39 is 11.2 Å². The zero-order valence-corrected chi connectivity index (χ0v) is 18.2. The lowest BCUT2D eigenvalue weighted by Gasteiger charge is -2.29. The number of pyridine rings is 1. The highest BCUT2D eigenvalue weighted by Crippen LogP contribution is 2.42. The van der Waals surface area contributed by atoms with Gasteiger partial charge in [0.1, 0.15) is 17.1 Å². The van der Waals surface area contributed by atoms with E-state index in [2.05, 4.69) is 20.3 Å². The van der Waals surface area contributed by atoms with Crippen LogP contribution in [-0.4, -0.2) is 44.7 Å². The van der Waals surface area contributed by atoms with Crippen molar-refractivity contribution in [3.8, 4) is 11.3 Å². The largest absolute Gasteiger partial charge is 0.389 e. The SMILES string of the molecule is CC(C)(O)CNC(=O)c1ccc(C2(c3ccc(-c4cnc(N)cn4)cc3)CCCO2)cn1. The summed E-state index contributed by atoms with van der Waals surface area (Å²) in [6.07, 6.45) is 6.64. The third-order valence-corrected chi connectivity index (χ3v) is 5.48. The number of hydrogen-bond donors (Lipinski definition) is 3. The lowest BCUT2D eigenvalue weighted by Crippen LogP contribution is -2.38. The number of carbonyl (C=O) groups excluding carboxylic acids is 1. The number of nitrogens with one attached hydrogen (secondary N) is 1. The molecule has 1 saturated heterocycles. The molecule has 8 heteroatoms. The van der Waals surface area contributed by atoms with E-state index >= 15 is 0 Å². The lowest BCUT2D eigenvalue weighted by atomic mass is 9.84. The summed E-state index contributed by atoms with van der Waals surface area (Å²) in [5.41, 5.74) is 7.92. The predicted molar refractivity (Wildman–Crippen MR) is 121 cm³/mol. The third-order valence-electron chi connectivity index (χ3n) is 5.48. The van der Waals surface area contributed by atoms with Crippen LogP contribution in [0.2, 0.25) is 0 Å². The molecule has 3 aromatic rings. The molecule has 8 nitrogen and oxygen atoms in total. The maximum atomic E-state index is 12.3. The maximum Gasteiger partial charge on any atom is 0.269 e. The molecule has 0 aliphatic carbocycles. The molecule has 1 unspecified atom stereocenters. The normalized spacial score (nSPS) is 18.5. The summed E-state index contributed by atoms with van der Waals surface area (Å²) in [7, 11) is 0. The van der Waals surface area contributed by atoms with E-state index in [1.54, 1.807) is 32.3 Å². The molecule has 1 aromatic carbocycles. The first-order valence-electron chi connectivity index (χ1n) is 10.6. The van der Waals surface area contributed by atoms with Gasteiger partial charge in [-0.15, -0.1) is 0 Å². The minimum Gasteiger partial charge on any atom is -0.389 e. The Morgan fingerprint density at radius 3 is 2.41 bits per heavy atom. The van der Waals surface area contributed by atoms with Crippen molar-refractivity contribution in [2.45, 2.75) is 37.9 Å². The molecular formula is C24H27N5O3. The number of amides is 1. The first-order valence-corrected chi connectivity index (χ1v) is 10.6. The highest BCUT2D eigenvalue weighted by molar-refractivity contribution is 5.92. The van der Waals surface area contributed by atoms with E-state index in [1.165, 1.54) is 6.20 Å². The van der Waals surface area contributed by atoms with E-state index in [1.807, 2.05) is 30.3 Å². The molecular weight excluding hydrogens is 406 g/mol. The number of rotatable bonds is 6. The van der Waals surface area contributed by atoms with Crippen LogP contribution in [0.5, 0.6) is 0 Å². The van der Waals surface area contributed by atoms with Gasteiger partial charge in [-0.3, -0.25) is 14.8 Å². The number of nitrogens with two attached hydrogens (primary N) is 1. The molecule has 4 rings (SSSR count). The molecule has 1 aliphatic heterocycles. The van der Waals surface area contributed by atoms with Gasteiger partial charge in [0.25, 0.3) is 5.91 Å². The van der Waals surface area contributed by atoms with Gasteiger partial charge in [0.05, 0.1) is 23.7 Å². The first-order chi connectivity index (χ1) is 15.3. The molecule has 0 spiro atoms. The van der Waals surface area contributed by atoms with Crippen molar-refractivity contribution < 1.29 is 14.6 Å². The fourth-order valence-electron chi connectivity index (χ4n) is 3.81. The fourth-order valence-corrected chi connectivity index (χ4v) is 3.81. The summed E-state index contributed by atoms with van der Waals surface area (Å²) in [6, 6.07) is 11.6. The van der Waals surface area contributed by atoms with Crippen molar-refractivity contribution in [3.63, 3.8) is 0 Å². The van der Waals surface area contributed by atoms with E-state index in [-0.39, 0.29) is 12.5 Å². The highest BCUT2D eigenvalue weighted by atomic mass is 16.5. The van der Waals surface area contributed by atoms with Crippen LogP contribution >= 0.6 is 0 Å². The molecule has 1 atom stereocenters. The molecule has 2 aromatic heterocycles. The average Bonchev–Trinajstić information content (AvgIpc) is 3.29. The van der Waals surface area contributed by atoms with Gasteiger partial charge in [-0.05, 0) is 38.3 Å². The van der Waals surface area contributed by atoms with Gasteiger partial charge in [-0.2, -0.15) is 0 Å². The first kappa shape index (κ1) is 21.9. The quantitative estimate of drug-likeness (QED) is 0.546. The van der Waals surface area contributed by atoms with Crippen LogP contribution in [0.15, 0.2) is 55.0 Å². The van der Waals surface area contributed by atoms with E-state index in [0.29, 0.717) is 18.1 Å². The average molecular weight is 434 g/mol. The Morgan fingerprint density at radius 2 is 1.84 bits per heavy atom. The molecule has 1 aliphatic rings. The summed E-state index contributed by atoms with van der Waals surface area (Å²) >= 11 is 0. The van der Waals surface area contributed by atoms with Gasteiger partial charge in [0.15, 0.2) is 0 Å². The second-order valence-corrected chi connectivity index (χ2v) is 8.61. The summed E-state index contributed by atoms with van der Waals surface area (Å²) in [4.78, 5) is 25.1. The van der Waals surface area contributed by atoms with Gasteiger partial charge >= 0.3 is 0 Å². The number of nitrogens with zero attached hydrogens (tertiary/aromatic N) is 3. The molecule has 32 heavy (non-hydrogen) atoms. The van der Waals surface area contributed by atoms with E-state index in [0.717, 1.165) is 35.2 Å². The van der Waals surface area contributed by atoms with Crippen LogP contribution in [0.4, 0.5) is 5.82 Å². The van der Waals surface area contributed by atoms with Gasteiger partial charge < -0.3 is 20.9 Å². The highest BCUT2D eigenvalue weighted by Gasteiger charge is 2.39. The van der Waals surface area contributed by atoms with Gasteiger partial charge in [-0.1, -0.05) is 30.3 Å². The molecule has 0 saturated carbocycles. The van der Waals surface area contributed by atoms with Crippen molar-refractivity contribution >= 4 is 11.7 Å². The van der Waals surface area contributed by atoms with Crippen LogP contribution in [0.1, 0.15) is 48.3 Å². The van der Waals surface area contributed by atoms with Crippen LogP contribution in [-0.2, 0) is 10.3 Å². The predicted octanol–water partition coefficient (Wildman–Crippen LogP) is 2.68. The molecule has 0 bridgehead atoms. The second kappa shape index (κ2) is 8.64. The third kappa shape index (κ3) is 4.61. The molecule has 166 valence electrons. The second-order valence-electron chi connectivity index (χ2n) is 8.61. The molecule has 3 heterocycles. The molecule has 0 radical (unpaired) electrons. The van der Waals surface area contributed by atoms with Crippen LogP contribution in [0.3, 0.4) is 0 Å². The Bertz CT molecular complexity index is 1070. The lowest BCUT2D eigenvalue weighted by molar-refractivity contribution is 0.0356. The van der Waals surface area contributed by atoms with Crippen molar-refractivity contribution in [1.82, 2.24) is 20.3 Å². The standard InChI is InChI=1S/C24H27N5O3/c1-23(2,31)15-29-22(30)19-9-8-18(12-26-19)24(10-3-11-32-24)17-6-4-16(5-7-17)20-13-28-21(25)14-27-20/h4-9,12-14,31H,3,10-11,15H2,1-2H3,(H2,25,28)(H,29,30). The van der Waals surface area contributed by atoms with Crippen molar-refractivity contribution in [2.24, 2.45) is 0 Å². The number of aliphatic hydroxyl groups is 1. The number of hydrogen-bond acceptors (Lipinski definition) is 7. The van der Waals surface area contributed by atoms with Gasteiger partial charge in [0, 0.05) is 30.5 Å². The van der Waals surface area contributed by atoms with Crippen molar-refractivity contribution in [3.05, 3.63) is 71.8 Å². The molecule has 1 amide bonds. The summed E-state index contributed by atoms with van der Waals surface area (Å²) < 4.78 is 6.25. The number of nitrogen functional groups attached to an aromatic ring is 1. The smallest absolute Gasteiger partial charge is 0.269 e. The molecule has 4 N–H and O–H groups in total. The van der Waals surface area contributed by atoms with E-state index in [9.17, 15) is 9.90 Å². The maximum absolute atomic E-state index is 12.3. The Labute approximate surface area is 186 Å². The monoisotopic (exact) mass is 433 g/mol. The number of carbonyl (C=O) groups is 1. The fraction of sp³-hybridized carbons (Fsp3) is 0.333. The Balaban J connectivity index is 1.57. The number of benzene rings is 1. The van der Waals surface area contributed by atoms with Crippen LogP contribution in [0.25, 0.3) is 11.3 Å². The zero-order valence-electron chi connectivity index (χ0n) is 18.2. The number of anilines is 1. The number of ether oxygens (including phenoxy) is 1. The van der Waals surface area contributed by atoms with E-state index in [4.69, 9.17) is 10.5 Å². The minimum atomic E-state index is -0.985. The summed E-state index contributed by atoms with van der Waals surface area (Å²) in [6.45, 7) is 4.07. The Kier molecular flexibility index (Phi) is 5.90. The van der Waals surface area contributed by atoms with Crippen LogP contribution < -0.4 is 11.1 Å². The molecule has 1 fully saturated rings. The zero-order chi connectivity index (χ0) is 22.8. The summed E-state index contributed by atoms with van der Waals surface area (Å²) in [5.74, 6) is 0.0578. The van der Waals surface area contributed by atoms with Gasteiger partial charge in [0.2, 0.25) is 0 Å². The van der Waals surface area contributed by atoms with Crippen molar-refractivity contribution in [2.75, 3.05) is 18.9 Å². The summed E-state index contributed by atoms with van der Waals surface area (Å²) in [5, 5.41) is 12.5. The number of aromatic nitrogens is 3. The minimum absolute atomic E-state index is 0.146. The van der Waals surface area contributed by atoms with Crippen LogP contribution in [0, 0.1) is 0 Å². The van der Waals surface area contributed by atoms with Gasteiger partial charge in [-0.25, -0.2) is 4.98 Å². The van der Waals surface area contributed by atoms with Crippen molar-refractivity contribution in [1.29, 1.82) is 0 Å². The topological polar surface area (TPSA) is 123 Å². The Morgan fingerprint density at radius 1 is 1.09 bits per heavy atom.